The standard InChI is InChI=1S/C12H21O.2C2H5.Al/c1-6-8-9-10-11(7-2)13-12(3,4)5;2*1-2;/h11H,6,8-10H2,1,3-5H3;2*1H2,2H3;. The Balaban J connectivity index is 4.44. The molecule has 0 aliphatic rings. The Hall–Kier alpha value is 0.0525. The molecule has 0 aromatic heterocycles. The normalized spacial score (nSPS) is 12.8. The molecule has 0 aliphatic carbocycles. The monoisotopic (exact) mass is 266 g/mol. The number of hydrogen-bond donors (Lipinski definition) is 0. The zero-order valence-corrected chi connectivity index (χ0v) is 14.5. The van der Waals surface area contributed by atoms with Crippen LogP contribution in [0.4, 0.5) is 0 Å². The van der Waals surface area contributed by atoms with Crippen LogP contribution in [0.15, 0.2) is 0 Å². The van der Waals surface area contributed by atoms with Crippen molar-refractivity contribution >= 4 is 14.1 Å². The van der Waals surface area contributed by atoms with E-state index >= 15 is 0 Å². The molecule has 1 unspecified atom stereocenters. The molecule has 104 valence electrons. The second kappa shape index (κ2) is 9.91. The van der Waals surface area contributed by atoms with Gasteiger partial charge in [0.05, 0.1) is 5.60 Å². The third-order valence-corrected chi connectivity index (χ3v) is 5.55. The van der Waals surface area contributed by atoms with Gasteiger partial charge >= 0.3 is 14.1 Å². The fraction of sp³-hybridized carbons (Fsp3) is 0.875. The van der Waals surface area contributed by atoms with Crippen LogP contribution in [0.2, 0.25) is 10.6 Å². The maximum atomic E-state index is 6.07. The Bertz CT molecular complexity index is 252. The fourth-order valence-electron chi connectivity index (χ4n) is 1.87. The molecule has 2 heteroatoms. The lowest BCUT2D eigenvalue weighted by atomic mass is 10.1. The number of hydrogen-bond acceptors (Lipinski definition) is 1. The molecule has 0 bridgehead atoms. The summed E-state index contributed by atoms with van der Waals surface area (Å²) in [4.78, 5) is 3.53. The second-order valence-electron chi connectivity index (χ2n) is 6.02. The predicted octanol–water partition coefficient (Wildman–Crippen LogP) is 4.83. The van der Waals surface area contributed by atoms with Gasteiger partial charge in [-0.3, -0.25) is 0 Å². The Morgan fingerprint density at radius 2 is 1.67 bits per heavy atom. The summed E-state index contributed by atoms with van der Waals surface area (Å²) in [5.74, 6) is 3.43. The SMILES string of the molecule is CCCCCC(C#[C][Al]([CH2]C)[CH2]C)OC(C)(C)C. The summed E-state index contributed by atoms with van der Waals surface area (Å²) in [6.07, 6.45) is 5.01. The zero-order chi connectivity index (χ0) is 14.0. The van der Waals surface area contributed by atoms with E-state index in [1.54, 1.807) is 0 Å². The number of rotatable bonds is 7. The number of ether oxygens (including phenoxy) is 1. The lowest BCUT2D eigenvalue weighted by Gasteiger charge is -2.24. The summed E-state index contributed by atoms with van der Waals surface area (Å²) in [5.41, 5.74) is -0.0823. The summed E-state index contributed by atoms with van der Waals surface area (Å²) < 4.78 is 6.07. The molecule has 0 amide bonds. The van der Waals surface area contributed by atoms with E-state index < -0.39 is 14.1 Å². The van der Waals surface area contributed by atoms with Gasteiger partial charge in [-0.25, -0.2) is 4.78 Å². The van der Waals surface area contributed by atoms with Crippen LogP contribution in [-0.2, 0) is 4.74 Å². The van der Waals surface area contributed by atoms with Gasteiger partial charge in [0, 0.05) is 0 Å². The molecule has 0 rings (SSSR count). The van der Waals surface area contributed by atoms with Gasteiger partial charge in [0.15, 0.2) is 0 Å². The summed E-state index contributed by atoms with van der Waals surface area (Å²) in [6, 6.07) is 0. The lowest BCUT2D eigenvalue weighted by Crippen LogP contribution is -2.27. The van der Waals surface area contributed by atoms with E-state index in [1.807, 2.05) is 0 Å². The average molecular weight is 266 g/mol. The van der Waals surface area contributed by atoms with Crippen molar-refractivity contribution in [3.05, 3.63) is 0 Å². The highest BCUT2D eigenvalue weighted by Gasteiger charge is 2.17. The molecule has 1 atom stereocenters. The largest absolute Gasteiger partial charge is 0.375 e. The van der Waals surface area contributed by atoms with E-state index in [0.717, 1.165) is 6.42 Å². The van der Waals surface area contributed by atoms with Crippen LogP contribution in [0.1, 0.15) is 67.2 Å². The van der Waals surface area contributed by atoms with Gasteiger partial charge in [-0.15, -0.1) is 0 Å². The van der Waals surface area contributed by atoms with Crippen LogP contribution < -0.4 is 0 Å². The molecule has 0 N–H and O–H groups in total. The van der Waals surface area contributed by atoms with Crippen molar-refractivity contribution in [2.75, 3.05) is 0 Å². The maximum absolute atomic E-state index is 6.07. The van der Waals surface area contributed by atoms with Crippen molar-refractivity contribution in [3.8, 4) is 10.7 Å². The van der Waals surface area contributed by atoms with Gasteiger partial charge in [-0.05, 0) is 33.6 Å². The molecule has 0 fully saturated rings. The van der Waals surface area contributed by atoms with Gasteiger partial charge in [0.2, 0.25) is 0 Å². The van der Waals surface area contributed by atoms with E-state index in [2.05, 4.69) is 52.2 Å². The van der Waals surface area contributed by atoms with Crippen LogP contribution in [0, 0.1) is 10.7 Å². The molecule has 0 spiro atoms. The Morgan fingerprint density at radius 1 is 1.06 bits per heavy atom. The molecule has 0 aromatic rings. The van der Waals surface area contributed by atoms with Gasteiger partial charge in [-0.2, -0.15) is 0 Å². The van der Waals surface area contributed by atoms with E-state index in [0.29, 0.717) is 0 Å². The molecule has 18 heavy (non-hydrogen) atoms. The summed E-state index contributed by atoms with van der Waals surface area (Å²) >= 11 is -0.798. The van der Waals surface area contributed by atoms with E-state index in [4.69, 9.17) is 4.74 Å². The third-order valence-electron chi connectivity index (χ3n) is 3.00. The van der Waals surface area contributed by atoms with Crippen molar-refractivity contribution < 1.29 is 4.74 Å². The molecule has 0 aromatic carbocycles. The minimum Gasteiger partial charge on any atom is -0.360 e. The fourth-order valence-corrected chi connectivity index (χ4v) is 3.28. The Labute approximate surface area is 119 Å². The predicted molar refractivity (Wildman–Crippen MR) is 83.3 cm³/mol. The van der Waals surface area contributed by atoms with E-state index in [9.17, 15) is 0 Å². The third kappa shape index (κ3) is 10.0. The summed E-state index contributed by atoms with van der Waals surface area (Å²) in [7, 11) is 0. The molecular formula is C16H31AlO. The Kier molecular flexibility index (Phi) is 9.94. The highest BCUT2D eigenvalue weighted by molar-refractivity contribution is 6.67. The van der Waals surface area contributed by atoms with Gasteiger partial charge in [-0.1, -0.05) is 50.1 Å². The average Bonchev–Trinajstić information content (AvgIpc) is 2.28. The first kappa shape index (κ1) is 18.1. The van der Waals surface area contributed by atoms with Crippen LogP contribution in [-0.4, -0.2) is 25.9 Å². The maximum Gasteiger partial charge on any atom is 0.375 e. The van der Waals surface area contributed by atoms with Crippen LogP contribution in [0.25, 0.3) is 0 Å². The molecule has 0 radical (unpaired) electrons. The highest BCUT2D eigenvalue weighted by atomic mass is 27.2. The minimum atomic E-state index is -0.798. The topological polar surface area (TPSA) is 9.23 Å². The zero-order valence-electron chi connectivity index (χ0n) is 13.3. The first-order valence-corrected chi connectivity index (χ1v) is 9.82. The first-order valence-electron chi connectivity index (χ1n) is 7.61. The van der Waals surface area contributed by atoms with Gasteiger partial charge in [0.1, 0.15) is 6.10 Å². The van der Waals surface area contributed by atoms with Crippen molar-refractivity contribution in [2.45, 2.75) is 89.5 Å². The van der Waals surface area contributed by atoms with Crippen molar-refractivity contribution in [3.63, 3.8) is 0 Å². The molecule has 0 saturated carbocycles. The quantitative estimate of drug-likeness (QED) is 0.364. The molecule has 0 heterocycles. The summed E-state index contributed by atoms with van der Waals surface area (Å²) in [5, 5.41) is 2.56. The highest BCUT2D eigenvalue weighted by Crippen LogP contribution is 2.15. The number of unbranched alkanes of at least 4 members (excludes halogenated alkanes) is 2. The van der Waals surface area contributed by atoms with E-state index in [-0.39, 0.29) is 11.7 Å². The Morgan fingerprint density at radius 3 is 2.11 bits per heavy atom. The van der Waals surface area contributed by atoms with Crippen LogP contribution in [0.3, 0.4) is 0 Å². The van der Waals surface area contributed by atoms with E-state index in [1.165, 1.54) is 29.8 Å². The molecule has 0 saturated heterocycles. The molecular weight excluding hydrogens is 235 g/mol. The minimum absolute atomic E-state index is 0.0823. The molecule has 1 nitrogen and oxygen atoms in total. The van der Waals surface area contributed by atoms with Crippen molar-refractivity contribution in [1.82, 2.24) is 0 Å². The van der Waals surface area contributed by atoms with Crippen molar-refractivity contribution in [1.29, 1.82) is 0 Å². The second-order valence-corrected chi connectivity index (χ2v) is 9.33. The van der Waals surface area contributed by atoms with Gasteiger partial charge in [0.25, 0.3) is 0 Å². The van der Waals surface area contributed by atoms with Crippen LogP contribution >= 0.6 is 0 Å². The first-order chi connectivity index (χ1) is 8.42. The lowest BCUT2D eigenvalue weighted by molar-refractivity contribution is -0.0373. The van der Waals surface area contributed by atoms with Gasteiger partial charge < -0.3 is 4.74 Å². The molecule has 0 aliphatic heterocycles. The van der Waals surface area contributed by atoms with Crippen molar-refractivity contribution in [2.24, 2.45) is 0 Å². The summed E-state index contributed by atoms with van der Waals surface area (Å²) in [6.45, 7) is 13.1. The smallest absolute Gasteiger partial charge is 0.360 e. The van der Waals surface area contributed by atoms with Crippen LogP contribution in [0.5, 0.6) is 0 Å².